The number of rotatable bonds is 11. The minimum atomic E-state index is -1.15. The molecule has 0 saturated heterocycles. The summed E-state index contributed by atoms with van der Waals surface area (Å²) in [6.45, 7) is 4.94. The summed E-state index contributed by atoms with van der Waals surface area (Å²) >= 11 is 7.92. The van der Waals surface area contributed by atoms with Crippen LogP contribution in [0.1, 0.15) is 27.2 Å². The number of hydrogen-bond donors (Lipinski definition) is 7. The number of aliphatic carboxylic acids is 1. The van der Waals surface area contributed by atoms with Gasteiger partial charge in [-0.25, -0.2) is 4.79 Å². The van der Waals surface area contributed by atoms with Gasteiger partial charge in [-0.15, -0.1) is 0 Å². The van der Waals surface area contributed by atoms with Crippen molar-refractivity contribution in [3.8, 4) is 0 Å². The molecular weight excluding hydrogens is 380 g/mol. The van der Waals surface area contributed by atoms with Crippen molar-refractivity contribution in [3.05, 3.63) is 0 Å². The van der Waals surface area contributed by atoms with Crippen molar-refractivity contribution in [2.75, 3.05) is 11.5 Å². The second-order valence-corrected chi connectivity index (χ2v) is 6.70. The monoisotopic (exact) mass is 408 g/mol. The zero-order valence-corrected chi connectivity index (χ0v) is 16.8. The average Bonchev–Trinajstić information content (AvgIpc) is 2.61. The van der Waals surface area contributed by atoms with E-state index in [1.165, 1.54) is 6.92 Å². The van der Waals surface area contributed by atoms with Gasteiger partial charge in [-0.2, -0.15) is 25.3 Å². The first-order chi connectivity index (χ1) is 12.1. The number of amides is 3. The van der Waals surface area contributed by atoms with E-state index in [0.717, 1.165) is 0 Å². The number of carboxylic acids is 1. The van der Waals surface area contributed by atoms with Gasteiger partial charge in [0, 0.05) is 11.5 Å². The summed E-state index contributed by atoms with van der Waals surface area (Å²) in [7, 11) is 0. The summed E-state index contributed by atoms with van der Waals surface area (Å²) in [4.78, 5) is 47.4. The van der Waals surface area contributed by atoms with E-state index in [0.29, 0.717) is 6.42 Å². The third-order valence-corrected chi connectivity index (χ3v) is 4.64. The molecule has 0 fully saturated rings. The lowest BCUT2D eigenvalue weighted by molar-refractivity contribution is -0.143. The molecule has 0 aliphatic rings. The van der Waals surface area contributed by atoms with Gasteiger partial charge in [0.25, 0.3) is 0 Å². The summed E-state index contributed by atoms with van der Waals surface area (Å²) in [5.41, 5.74) is 5.53. The second kappa shape index (κ2) is 12.0. The van der Waals surface area contributed by atoms with Crippen LogP contribution in [0.5, 0.6) is 0 Å². The molecule has 0 aliphatic heterocycles. The van der Waals surface area contributed by atoms with E-state index in [2.05, 4.69) is 41.2 Å². The molecule has 11 heteroatoms. The average molecular weight is 409 g/mol. The van der Waals surface area contributed by atoms with Gasteiger partial charge in [0.15, 0.2) is 0 Å². The first-order valence-electron chi connectivity index (χ1n) is 8.20. The molecule has 0 aromatic rings. The van der Waals surface area contributed by atoms with Gasteiger partial charge in [0.1, 0.15) is 18.1 Å². The summed E-state index contributed by atoms with van der Waals surface area (Å²) in [5.74, 6) is -3.14. The standard InChI is InChI=1S/C15H28N4O5S2/c1-4-7(2)11(15(23)24)19-12(20)8(3)17-14(22)10(6-26)18-13(21)9(16)5-25/h7-11,25-26H,4-6,16H2,1-3H3,(H,17,22)(H,18,21)(H,19,20)(H,23,24). The highest BCUT2D eigenvalue weighted by Crippen LogP contribution is 2.08. The molecule has 26 heavy (non-hydrogen) atoms. The third kappa shape index (κ3) is 7.83. The molecule has 150 valence electrons. The van der Waals surface area contributed by atoms with Crippen LogP contribution in [0.2, 0.25) is 0 Å². The van der Waals surface area contributed by atoms with Gasteiger partial charge in [0.05, 0.1) is 6.04 Å². The number of carbonyl (C=O) groups is 4. The van der Waals surface area contributed by atoms with Crippen molar-refractivity contribution in [1.29, 1.82) is 0 Å². The van der Waals surface area contributed by atoms with Crippen LogP contribution in [0.15, 0.2) is 0 Å². The maximum absolute atomic E-state index is 12.2. The number of carbonyl (C=O) groups excluding carboxylic acids is 3. The van der Waals surface area contributed by atoms with Crippen LogP contribution >= 0.6 is 25.3 Å². The fourth-order valence-corrected chi connectivity index (χ4v) is 2.32. The molecule has 0 heterocycles. The Morgan fingerprint density at radius 3 is 1.96 bits per heavy atom. The van der Waals surface area contributed by atoms with Crippen LogP contribution < -0.4 is 21.7 Å². The van der Waals surface area contributed by atoms with Gasteiger partial charge >= 0.3 is 5.97 Å². The Morgan fingerprint density at radius 1 is 0.962 bits per heavy atom. The van der Waals surface area contributed by atoms with Crippen molar-refractivity contribution < 1.29 is 24.3 Å². The van der Waals surface area contributed by atoms with Crippen LogP contribution in [0.4, 0.5) is 0 Å². The lowest BCUT2D eigenvalue weighted by atomic mass is 9.99. The smallest absolute Gasteiger partial charge is 0.326 e. The number of nitrogens with two attached hydrogens (primary N) is 1. The molecular formula is C15H28N4O5S2. The number of thiol groups is 2. The Labute approximate surface area is 164 Å². The highest BCUT2D eigenvalue weighted by molar-refractivity contribution is 7.80. The maximum Gasteiger partial charge on any atom is 0.326 e. The Kier molecular flexibility index (Phi) is 11.3. The third-order valence-electron chi connectivity index (χ3n) is 3.88. The zero-order chi connectivity index (χ0) is 20.4. The van der Waals surface area contributed by atoms with E-state index >= 15 is 0 Å². The molecule has 0 radical (unpaired) electrons. The Hall–Kier alpha value is -1.46. The normalized spacial score (nSPS) is 16.5. The fraction of sp³-hybridized carbons (Fsp3) is 0.733. The lowest BCUT2D eigenvalue weighted by Gasteiger charge is -2.24. The molecule has 0 saturated carbocycles. The van der Waals surface area contributed by atoms with E-state index in [1.807, 2.05) is 6.92 Å². The van der Waals surface area contributed by atoms with Gasteiger partial charge in [-0.1, -0.05) is 20.3 Å². The van der Waals surface area contributed by atoms with Crippen molar-refractivity contribution in [2.45, 2.75) is 51.4 Å². The Balaban J connectivity index is 4.82. The van der Waals surface area contributed by atoms with Gasteiger partial charge < -0.3 is 26.8 Å². The molecule has 5 atom stereocenters. The minimum absolute atomic E-state index is 0.00414. The lowest BCUT2D eigenvalue weighted by Crippen LogP contribution is -2.57. The summed E-state index contributed by atoms with van der Waals surface area (Å²) < 4.78 is 0. The van der Waals surface area contributed by atoms with Crippen LogP contribution in [-0.2, 0) is 19.2 Å². The fourth-order valence-electron chi connectivity index (χ4n) is 1.90. The van der Waals surface area contributed by atoms with Gasteiger partial charge in [-0.05, 0) is 12.8 Å². The zero-order valence-electron chi connectivity index (χ0n) is 15.1. The van der Waals surface area contributed by atoms with E-state index in [-0.39, 0.29) is 17.4 Å². The minimum Gasteiger partial charge on any atom is -0.480 e. The first-order valence-corrected chi connectivity index (χ1v) is 9.46. The predicted octanol–water partition coefficient (Wildman–Crippen LogP) is -1.22. The van der Waals surface area contributed by atoms with Crippen LogP contribution in [0.3, 0.4) is 0 Å². The topological polar surface area (TPSA) is 151 Å². The van der Waals surface area contributed by atoms with Crippen LogP contribution in [0.25, 0.3) is 0 Å². The molecule has 0 aromatic carbocycles. The van der Waals surface area contributed by atoms with Crippen molar-refractivity contribution in [1.82, 2.24) is 16.0 Å². The highest BCUT2D eigenvalue weighted by Gasteiger charge is 2.29. The van der Waals surface area contributed by atoms with E-state index in [1.54, 1.807) is 6.92 Å². The molecule has 5 unspecified atom stereocenters. The van der Waals surface area contributed by atoms with Crippen molar-refractivity contribution in [2.24, 2.45) is 11.7 Å². The van der Waals surface area contributed by atoms with Crippen molar-refractivity contribution in [3.63, 3.8) is 0 Å². The number of nitrogens with one attached hydrogen (secondary N) is 3. The number of carboxylic acid groups (broad SMARTS) is 1. The molecule has 0 spiro atoms. The Bertz CT molecular complexity index is 520. The quantitative estimate of drug-likeness (QED) is 0.213. The predicted molar refractivity (Wildman–Crippen MR) is 104 cm³/mol. The van der Waals surface area contributed by atoms with Crippen LogP contribution in [-0.4, -0.2) is 64.5 Å². The first kappa shape index (κ1) is 24.5. The molecule has 3 amide bonds. The van der Waals surface area contributed by atoms with Gasteiger partial charge in [-0.3, -0.25) is 14.4 Å². The largest absolute Gasteiger partial charge is 0.480 e. The second-order valence-electron chi connectivity index (χ2n) is 5.97. The van der Waals surface area contributed by atoms with E-state index in [9.17, 15) is 24.3 Å². The van der Waals surface area contributed by atoms with Gasteiger partial charge in [0.2, 0.25) is 17.7 Å². The molecule has 6 N–H and O–H groups in total. The number of hydrogen-bond acceptors (Lipinski definition) is 7. The maximum atomic E-state index is 12.2. The highest BCUT2D eigenvalue weighted by atomic mass is 32.1. The van der Waals surface area contributed by atoms with E-state index < -0.39 is 47.9 Å². The Morgan fingerprint density at radius 2 is 1.54 bits per heavy atom. The van der Waals surface area contributed by atoms with E-state index in [4.69, 9.17) is 5.73 Å². The van der Waals surface area contributed by atoms with Crippen molar-refractivity contribution >= 4 is 48.9 Å². The molecule has 0 rings (SSSR count). The SMILES string of the molecule is CCC(C)C(NC(=O)C(C)NC(=O)C(CS)NC(=O)C(N)CS)C(=O)O. The summed E-state index contributed by atoms with van der Waals surface area (Å²) in [6.07, 6.45) is 0.567. The summed E-state index contributed by atoms with van der Waals surface area (Å²) in [5, 5.41) is 16.5. The molecule has 0 bridgehead atoms. The molecule has 0 aromatic heterocycles. The molecule has 9 nitrogen and oxygen atoms in total. The van der Waals surface area contributed by atoms with Crippen LogP contribution in [0, 0.1) is 5.92 Å². The molecule has 0 aliphatic carbocycles. The summed E-state index contributed by atoms with van der Waals surface area (Å²) in [6, 6.07) is -3.91.